The minimum Gasteiger partial charge on any atom is -0.507 e. The molecule has 0 heterocycles. The van der Waals surface area contributed by atoms with Crippen molar-refractivity contribution in [2.45, 2.75) is 78.3 Å². The van der Waals surface area contributed by atoms with Crippen LogP contribution < -0.4 is 0 Å². The minimum atomic E-state index is -1.05. The van der Waals surface area contributed by atoms with E-state index in [0.717, 1.165) is 11.1 Å². The molecular formula is C50H52N2O10. The fourth-order valence-corrected chi connectivity index (χ4v) is 8.29. The summed E-state index contributed by atoms with van der Waals surface area (Å²) in [4.78, 5) is 35.1. The summed E-state index contributed by atoms with van der Waals surface area (Å²) < 4.78 is 10.1. The molecule has 6 rings (SSSR count). The summed E-state index contributed by atoms with van der Waals surface area (Å²) in [6, 6.07) is 19.7. The molecule has 0 unspecified atom stereocenters. The van der Waals surface area contributed by atoms with Gasteiger partial charge in [-0.3, -0.25) is 9.98 Å². The van der Waals surface area contributed by atoms with Crippen molar-refractivity contribution in [1.82, 2.24) is 0 Å². The van der Waals surface area contributed by atoms with Gasteiger partial charge in [-0.15, -0.1) is 0 Å². The van der Waals surface area contributed by atoms with Gasteiger partial charge in [0.2, 0.25) is 0 Å². The van der Waals surface area contributed by atoms with E-state index in [4.69, 9.17) is 9.47 Å². The molecule has 0 saturated carbocycles. The lowest BCUT2D eigenvalue weighted by Gasteiger charge is -2.23. The number of carbonyl (C=O) groups is 2. The summed E-state index contributed by atoms with van der Waals surface area (Å²) in [6.07, 6.45) is 2.79. The molecule has 0 aliphatic heterocycles. The number of ether oxygens (including phenoxy) is 2. The van der Waals surface area contributed by atoms with Crippen LogP contribution in [0.1, 0.15) is 84.0 Å². The predicted molar refractivity (Wildman–Crippen MR) is 242 cm³/mol. The topological polar surface area (TPSA) is 199 Å². The highest BCUT2D eigenvalue weighted by molar-refractivity contribution is 6.15. The van der Waals surface area contributed by atoms with Crippen molar-refractivity contribution >= 4 is 45.9 Å². The number of carbonyl (C=O) groups excluding carboxylic acids is 2. The highest BCUT2D eigenvalue weighted by Gasteiger charge is 2.30. The van der Waals surface area contributed by atoms with Gasteiger partial charge >= 0.3 is 11.9 Å². The largest absolute Gasteiger partial charge is 0.507 e. The first-order valence-corrected chi connectivity index (χ1v) is 20.3. The second-order valence-electron chi connectivity index (χ2n) is 16.1. The van der Waals surface area contributed by atoms with Crippen LogP contribution in [0.25, 0.3) is 32.7 Å². The summed E-state index contributed by atoms with van der Waals surface area (Å²) in [5, 5.41) is 72.3. The molecule has 0 aromatic heterocycles. The highest BCUT2D eigenvalue weighted by atomic mass is 16.5. The number of phenolic OH excluding ortho intramolecular Hbond substituents is 6. The number of phenols is 6. The first kappa shape index (κ1) is 44.5. The van der Waals surface area contributed by atoms with Gasteiger partial charge in [-0.2, -0.15) is 0 Å². The van der Waals surface area contributed by atoms with E-state index in [0.29, 0.717) is 33.0 Å². The Balaban J connectivity index is 1.65. The van der Waals surface area contributed by atoms with Gasteiger partial charge in [0.1, 0.15) is 11.5 Å². The fraction of sp³-hybridized carbons (Fsp3) is 0.280. The summed E-state index contributed by atoms with van der Waals surface area (Å²) in [5.41, 5.74) is 3.44. The van der Waals surface area contributed by atoms with Gasteiger partial charge in [0.05, 0.1) is 14.2 Å². The van der Waals surface area contributed by atoms with E-state index in [1.165, 1.54) is 26.6 Å². The molecule has 6 aromatic rings. The van der Waals surface area contributed by atoms with Crippen molar-refractivity contribution in [2.24, 2.45) is 9.98 Å². The SMILES string of the molecule is COC(=O)[C@H](Cc1ccccc1)/N=C/c1c(O)c(O)c(C(C)C)c2cc(C)c(-c3c(C)cc4c(C(C)C)c(O)c(O)c(/C=N/[C@@H](Cc5ccccc5)C(=O)OC)c4c3O)c(O)c12. The van der Waals surface area contributed by atoms with E-state index >= 15 is 0 Å². The highest BCUT2D eigenvalue weighted by Crippen LogP contribution is 2.54. The Kier molecular flexibility index (Phi) is 13.1. The molecule has 0 radical (unpaired) electrons. The van der Waals surface area contributed by atoms with E-state index < -0.39 is 47.0 Å². The van der Waals surface area contributed by atoms with E-state index in [9.17, 15) is 40.2 Å². The van der Waals surface area contributed by atoms with Crippen LogP contribution in [0.2, 0.25) is 0 Å². The number of rotatable bonds is 13. The van der Waals surface area contributed by atoms with E-state index in [1.54, 1.807) is 26.0 Å². The molecule has 0 amide bonds. The fourth-order valence-electron chi connectivity index (χ4n) is 8.29. The third-order valence-corrected chi connectivity index (χ3v) is 11.2. The average Bonchev–Trinajstić information content (AvgIpc) is 3.24. The Labute approximate surface area is 360 Å². The number of benzene rings is 6. The van der Waals surface area contributed by atoms with Gasteiger partial charge < -0.3 is 40.1 Å². The summed E-state index contributed by atoms with van der Waals surface area (Å²) in [7, 11) is 2.49. The molecule has 6 N–H and O–H groups in total. The lowest BCUT2D eigenvalue weighted by atomic mass is 9.83. The number of aryl methyl sites for hydroxylation is 2. The van der Waals surface area contributed by atoms with Crippen LogP contribution in [0.5, 0.6) is 34.5 Å². The molecule has 0 aliphatic carbocycles. The van der Waals surface area contributed by atoms with Crippen LogP contribution >= 0.6 is 0 Å². The Morgan fingerprint density at radius 1 is 0.548 bits per heavy atom. The van der Waals surface area contributed by atoms with Crippen LogP contribution in [0.4, 0.5) is 0 Å². The van der Waals surface area contributed by atoms with Crippen molar-refractivity contribution in [3.8, 4) is 45.6 Å². The second-order valence-corrected chi connectivity index (χ2v) is 16.1. The lowest BCUT2D eigenvalue weighted by molar-refractivity contribution is -0.142. The van der Waals surface area contributed by atoms with Gasteiger partial charge in [0.25, 0.3) is 0 Å². The first-order chi connectivity index (χ1) is 29.5. The zero-order valence-electron chi connectivity index (χ0n) is 36.0. The van der Waals surface area contributed by atoms with Crippen molar-refractivity contribution < 1.29 is 49.7 Å². The van der Waals surface area contributed by atoms with E-state index in [2.05, 4.69) is 9.98 Å². The van der Waals surface area contributed by atoms with Crippen LogP contribution in [0.3, 0.4) is 0 Å². The van der Waals surface area contributed by atoms with Crippen molar-refractivity contribution in [3.05, 3.63) is 117 Å². The molecule has 0 spiro atoms. The van der Waals surface area contributed by atoms with Crippen LogP contribution in [-0.4, -0.2) is 81.3 Å². The number of esters is 2. The maximum absolute atomic E-state index is 13.0. The Bertz CT molecular complexity index is 2550. The van der Waals surface area contributed by atoms with Gasteiger partial charge in [0, 0.05) is 69.4 Å². The normalized spacial score (nSPS) is 12.9. The minimum absolute atomic E-state index is 0.0784. The molecule has 0 aliphatic rings. The number of hydrogen-bond acceptors (Lipinski definition) is 12. The Morgan fingerprint density at radius 2 is 0.887 bits per heavy atom. The van der Waals surface area contributed by atoms with Crippen LogP contribution in [0, 0.1) is 13.8 Å². The van der Waals surface area contributed by atoms with Gasteiger partial charge in [0.15, 0.2) is 35.1 Å². The summed E-state index contributed by atoms with van der Waals surface area (Å²) in [6.45, 7) is 10.8. The smallest absolute Gasteiger partial charge is 0.330 e. The zero-order chi connectivity index (χ0) is 45.2. The molecular weight excluding hydrogens is 789 g/mol. The molecule has 322 valence electrons. The first-order valence-electron chi connectivity index (χ1n) is 20.3. The number of hydrogen-bond donors (Lipinski definition) is 6. The molecule has 6 aromatic carbocycles. The Morgan fingerprint density at radius 3 is 1.19 bits per heavy atom. The lowest BCUT2D eigenvalue weighted by Crippen LogP contribution is -2.23. The molecule has 12 nitrogen and oxygen atoms in total. The maximum atomic E-state index is 13.0. The number of aliphatic imine (C=N–C) groups is 2. The molecule has 0 fully saturated rings. The quantitative estimate of drug-likeness (QED) is 0.0370. The summed E-state index contributed by atoms with van der Waals surface area (Å²) in [5.74, 6) is -4.67. The van der Waals surface area contributed by atoms with E-state index in [-0.39, 0.29) is 69.2 Å². The number of methoxy groups -OCH3 is 2. The maximum Gasteiger partial charge on any atom is 0.330 e. The molecule has 62 heavy (non-hydrogen) atoms. The van der Waals surface area contributed by atoms with Crippen LogP contribution in [0.15, 0.2) is 82.8 Å². The number of nitrogens with zero attached hydrogens (tertiary/aromatic N) is 2. The second kappa shape index (κ2) is 18.3. The zero-order valence-corrected chi connectivity index (χ0v) is 36.0. The van der Waals surface area contributed by atoms with Crippen molar-refractivity contribution in [2.75, 3.05) is 14.2 Å². The average molecular weight is 841 g/mol. The molecule has 0 bridgehead atoms. The third-order valence-electron chi connectivity index (χ3n) is 11.2. The number of aromatic hydroxyl groups is 6. The molecule has 0 saturated heterocycles. The standard InChI is InChI=1S/C50H52N2O10/c1-25(2)37-31-19-27(5)39(45(55)41(31)33(43(53)47(37)57)23-51-35(49(59)61-7)21-29-15-11-9-12-16-29)40-28(6)20-32-38(26(3)4)48(58)44(54)34(42(32)46(40)56)24-52-36(50(60)62-8)22-30-17-13-10-14-18-30/h9-20,23-26,35-36,53-58H,21-22H2,1-8H3/b51-23+,52-24+/t35-,36-/m0/s1. The number of fused-ring (bicyclic) bond motifs is 2. The third kappa shape index (κ3) is 8.32. The van der Waals surface area contributed by atoms with Crippen molar-refractivity contribution in [3.63, 3.8) is 0 Å². The van der Waals surface area contributed by atoms with Crippen LogP contribution in [-0.2, 0) is 31.9 Å². The summed E-state index contributed by atoms with van der Waals surface area (Å²) >= 11 is 0. The van der Waals surface area contributed by atoms with E-state index in [1.807, 2.05) is 88.4 Å². The van der Waals surface area contributed by atoms with Gasteiger partial charge in [-0.25, -0.2) is 9.59 Å². The Hall–Kier alpha value is -7.08. The molecule has 12 heteroatoms. The molecule has 2 atom stereocenters. The van der Waals surface area contributed by atoms with Crippen molar-refractivity contribution in [1.29, 1.82) is 0 Å². The van der Waals surface area contributed by atoms with Gasteiger partial charge in [-0.1, -0.05) is 100 Å². The van der Waals surface area contributed by atoms with Gasteiger partial charge in [-0.05, 0) is 58.7 Å². The monoisotopic (exact) mass is 840 g/mol. The predicted octanol–water partition coefficient (Wildman–Crippen LogP) is 9.16.